The Kier molecular flexibility index (Phi) is 8.06. The van der Waals surface area contributed by atoms with Crippen LogP contribution >= 0.6 is 11.3 Å². The lowest BCUT2D eigenvalue weighted by Crippen LogP contribution is -2.67. The number of nitrogens with two attached hydrogens (primary N) is 1. The predicted molar refractivity (Wildman–Crippen MR) is 238 cm³/mol. The van der Waals surface area contributed by atoms with Crippen LogP contribution in [0.3, 0.4) is 0 Å². The van der Waals surface area contributed by atoms with E-state index < -0.39 is 5.66 Å². The van der Waals surface area contributed by atoms with E-state index in [0.29, 0.717) is 6.04 Å². The lowest BCUT2D eigenvalue weighted by Gasteiger charge is -2.58. The van der Waals surface area contributed by atoms with Crippen LogP contribution < -0.4 is 5.73 Å². The van der Waals surface area contributed by atoms with Gasteiger partial charge in [-0.05, 0) is 101 Å². The van der Waals surface area contributed by atoms with Gasteiger partial charge in [-0.25, -0.2) is 0 Å². The summed E-state index contributed by atoms with van der Waals surface area (Å²) in [6.07, 6.45) is 16.4. The molecule has 0 amide bonds. The second-order valence-corrected chi connectivity index (χ2v) is 16.9. The number of thiophene rings is 1. The van der Waals surface area contributed by atoms with Crippen LogP contribution in [0, 0.1) is 0 Å². The van der Waals surface area contributed by atoms with Crippen molar-refractivity contribution in [3.8, 4) is 11.1 Å². The average molecular weight is 742 g/mol. The van der Waals surface area contributed by atoms with E-state index in [2.05, 4.69) is 179 Å². The number of hydrogen-bond acceptors (Lipinski definition) is 3. The van der Waals surface area contributed by atoms with Crippen LogP contribution in [0.5, 0.6) is 0 Å². The molecule has 3 heterocycles. The predicted octanol–water partition coefficient (Wildman–Crippen LogP) is 13.4. The third-order valence-electron chi connectivity index (χ3n) is 12.6. The summed E-state index contributed by atoms with van der Waals surface area (Å²) in [6, 6.07) is 52.0. The van der Waals surface area contributed by atoms with E-state index in [-0.39, 0.29) is 0 Å². The lowest BCUT2D eigenvalue weighted by atomic mass is 9.75. The number of likely N-dealkylation sites (tertiary alicyclic amines) is 1. The van der Waals surface area contributed by atoms with Gasteiger partial charge in [0.2, 0.25) is 0 Å². The van der Waals surface area contributed by atoms with Crippen LogP contribution in [0.4, 0.5) is 0 Å². The molecule has 56 heavy (non-hydrogen) atoms. The van der Waals surface area contributed by atoms with Gasteiger partial charge in [-0.2, -0.15) is 0 Å². The summed E-state index contributed by atoms with van der Waals surface area (Å²) >= 11 is 1.89. The summed E-state index contributed by atoms with van der Waals surface area (Å²) < 4.78 is 5.23. The molecule has 4 heteroatoms. The zero-order chi connectivity index (χ0) is 37.2. The third kappa shape index (κ3) is 5.55. The van der Waals surface area contributed by atoms with Gasteiger partial charge in [0.05, 0.1) is 16.7 Å². The van der Waals surface area contributed by atoms with Gasteiger partial charge in [0.25, 0.3) is 0 Å². The first-order valence-corrected chi connectivity index (χ1v) is 20.8. The van der Waals surface area contributed by atoms with Crippen molar-refractivity contribution in [2.45, 2.75) is 50.4 Å². The standard InChI is InChI=1S/C52H43N3S/c53-52(41-16-5-2-6-17-41)33-49(37-13-3-1-4-14-37)54(52)34-35-12-11-15-38(30-35)39-24-28-44-43-18-7-9-20-47(43)55(48(44)31-39)42-26-22-36(23-27-42)40-25-29-46-45-19-8-10-21-50(45)56-51(46)32-40/h1-5,7-16,18-22,24-26,28-32,49H,6,17,23,27,33-34,53H2. The summed E-state index contributed by atoms with van der Waals surface area (Å²) in [5, 5.41) is 5.30. The molecule has 0 radical (unpaired) electrons. The molecule has 2 aromatic heterocycles. The summed E-state index contributed by atoms with van der Waals surface area (Å²) in [5.74, 6) is 0. The Hall–Kier alpha value is -5.78. The van der Waals surface area contributed by atoms with Crippen LogP contribution in [0.15, 0.2) is 175 Å². The fraction of sp³-hybridized carbons (Fsp3) is 0.154. The van der Waals surface area contributed by atoms with Crippen molar-refractivity contribution in [3.05, 3.63) is 192 Å². The van der Waals surface area contributed by atoms with E-state index in [1.165, 1.54) is 86.6 Å². The van der Waals surface area contributed by atoms with Crippen LogP contribution in [-0.2, 0) is 6.54 Å². The smallest absolute Gasteiger partial charge is 0.0938 e. The Morgan fingerprint density at radius 1 is 0.607 bits per heavy atom. The summed E-state index contributed by atoms with van der Waals surface area (Å²) in [7, 11) is 0. The number of allylic oxidation sites excluding steroid dienone is 7. The van der Waals surface area contributed by atoms with E-state index in [0.717, 1.165) is 38.6 Å². The molecule has 8 aromatic rings. The molecule has 0 spiro atoms. The lowest BCUT2D eigenvalue weighted by molar-refractivity contribution is -0.0574. The van der Waals surface area contributed by atoms with E-state index in [4.69, 9.17) is 5.73 Å². The Morgan fingerprint density at radius 3 is 2.23 bits per heavy atom. The largest absolute Gasteiger partial charge is 0.313 e. The van der Waals surface area contributed by atoms with Gasteiger partial charge in [-0.1, -0.05) is 133 Å². The quantitative estimate of drug-likeness (QED) is 0.176. The first-order chi connectivity index (χ1) is 27.6. The molecule has 6 aromatic carbocycles. The molecule has 1 aliphatic heterocycles. The van der Waals surface area contributed by atoms with Crippen LogP contribution in [0.2, 0.25) is 0 Å². The second kappa shape index (κ2) is 13.5. The van der Waals surface area contributed by atoms with Crippen molar-refractivity contribution in [3.63, 3.8) is 0 Å². The van der Waals surface area contributed by atoms with Gasteiger partial charge in [0.1, 0.15) is 0 Å². The van der Waals surface area contributed by atoms with Gasteiger partial charge in [-0.3, -0.25) is 4.90 Å². The molecule has 0 saturated carbocycles. The van der Waals surface area contributed by atoms with E-state index in [1.807, 2.05) is 11.3 Å². The highest BCUT2D eigenvalue weighted by Crippen LogP contribution is 2.50. The number of rotatable bonds is 7. The van der Waals surface area contributed by atoms with Crippen LogP contribution in [0.1, 0.15) is 54.8 Å². The molecule has 2 aliphatic carbocycles. The second-order valence-electron chi connectivity index (χ2n) is 15.8. The molecular weight excluding hydrogens is 699 g/mol. The fourth-order valence-corrected chi connectivity index (χ4v) is 10.8. The van der Waals surface area contributed by atoms with E-state index >= 15 is 0 Å². The van der Waals surface area contributed by atoms with Crippen molar-refractivity contribution in [1.29, 1.82) is 0 Å². The fourth-order valence-electron chi connectivity index (χ4n) is 9.68. The molecule has 2 atom stereocenters. The molecule has 11 rings (SSSR count). The SMILES string of the molecule is NC1(C2=CC=CCC2)CC(c2ccccc2)N1Cc1cccc(-c2ccc3c4ccccc4n(C4=CC=C(c5ccc6c(c5)sc5ccccc56)CC4)c3c2)c1. The molecular formula is C52H43N3S. The van der Waals surface area contributed by atoms with Crippen molar-refractivity contribution in [2.75, 3.05) is 0 Å². The van der Waals surface area contributed by atoms with Crippen molar-refractivity contribution < 1.29 is 0 Å². The Morgan fingerprint density at radius 2 is 1.38 bits per heavy atom. The Labute approximate surface area is 332 Å². The minimum Gasteiger partial charge on any atom is -0.313 e. The molecule has 272 valence electrons. The number of nitrogens with zero attached hydrogens (tertiary/aromatic N) is 2. The zero-order valence-electron chi connectivity index (χ0n) is 31.4. The van der Waals surface area contributed by atoms with Crippen LogP contribution in [-0.4, -0.2) is 15.1 Å². The molecule has 0 bridgehead atoms. The highest BCUT2D eigenvalue weighted by Gasteiger charge is 2.51. The van der Waals surface area contributed by atoms with Crippen molar-refractivity contribution in [1.82, 2.24) is 9.47 Å². The summed E-state index contributed by atoms with van der Waals surface area (Å²) in [5.41, 5.74) is 19.9. The minimum atomic E-state index is -0.436. The van der Waals surface area contributed by atoms with Gasteiger partial charge in [0, 0.05) is 55.6 Å². The number of aromatic nitrogens is 1. The first-order valence-electron chi connectivity index (χ1n) is 20.0. The Bertz CT molecular complexity index is 2960. The minimum absolute atomic E-state index is 0.292. The number of fused-ring (bicyclic) bond motifs is 6. The monoisotopic (exact) mass is 741 g/mol. The average Bonchev–Trinajstić information content (AvgIpc) is 3.80. The molecule has 1 fully saturated rings. The number of hydrogen-bond donors (Lipinski definition) is 1. The van der Waals surface area contributed by atoms with Crippen molar-refractivity contribution >= 4 is 64.6 Å². The van der Waals surface area contributed by atoms with Gasteiger partial charge in [0.15, 0.2) is 0 Å². The highest BCUT2D eigenvalue weighted by molar-refractivity contribution is 7.25. The normalized spacial score (nSPS) is 20.0. The Balaban J connectivity index is 0.941. The van der Waals surface area contributed by atoms with E-state index in [9.17, 15) is 0 Å². The molecule has 3 nitrogen and oxygen atoms in total. The number of benzene rings is 6. The van der Waals surface area contributed by atoms with Gasteiger partial charge < -0.3 is 10.3 Å². The summed E-state index contributed by atoms with van der Waals surface area (Å²) in [6.45, 7) is 0.796. The maximum atomic E-state index is 7.32. The van der Waals surface area contributed by atoms with Gasteiger partial charge in [-0.15, -0.1) is 11.3 Å². The first kappa shape index (κ1) is 33.5. The maximum absolute atomic E-state index is 7.32. The van der Waals surface area contributed by atoms with Crippen molar-refractivity contribution in [2.24, 2.45) is 5.73 Å². The molecule has 3 aliphatic rings. The third-order valence-corrected chi connectivity index (χ3v) is 13.7. The van der Waals surface area contributed by atoms with Gasteiger partial charge >= 0.3 is 0 Å². The van der Waals surface area contributed by atoms with E-state index in [1.54, 1.807) is 0 Å². The molecule has 2 N–H and O–H groups in total. The molecule has 1 saturated heterocycles. The molecule has 2 unspecified atom stereocenters. The highest BCUT2D eigenvalue weighted by atomic mass is 32.1. The topological polar surface area (TPSA) is 34.2 Å². The number of para-hydroxylation sites is 1. The van der Waals surface area contributed by atoms with Crippen LogP contribution in [0.25, 0.3) is 64.4 Å². The maximum Gasteiger partial charge on any atom is 0.0938 e. The zero-order valence-corrected chi connectivity index (χ0v) is 32.2. The summed E-state index contributed by atoms with van der Waals surface area (Å²) in [4.78, 5) is 2.53.